The van der Waals surface area contributed by atoms with Gasteiger partial charge in [0, 0.05) is 37.4 Å². The van der Waals surface area contributed by atoms with Gasteiger partial charge in [-0.15, -0.1) is 0 Å². The highest BCUT2D eigenvalue weighted by Crippen LogP contribution is 2.30. The molecule has 1 aliphatic heterocycles. The van der Waals surface area contributed by atoms with Gasteiger partial charge in [0.2, 0.25) is 0 Å². The standard InChI is InChI=1S/C24H28N6O3/c1-15-13-28(10-11-29(15)23(31)32)14-20-27-21(16-4-6-17(7-5-16)24(2,3)33)19-12-26-22-18(30(19)20)8-9-25-22/h4-9,12,15,25,33H,10-11,13-14H2,1-3H3,(H,31,32). The van der Waals surface area contributed by atoms with E-state index in [2.05, 4.69) is 19.3 Å². The number of amides is 1. The van der Waals surface area contributed by atoms with Gasteiger partial charge in [-0.2, -0.15) is 0 Å². The number of aromatic nitrogens is 4. The largest absolute Gasteiger partial charge is 0.465 e. The highest BCUT2D eigenvalue weighted by atomic mass is 16.4. The minimum atomic E-state index is -0.909. The van der Waals surface area contributed by atoms with Crippen LogP contribution in [0.15, 0.2) is 42.7 Å². The summed E-state index contributed by atoms with van der Waals surface area (Å²) in [6.07, 6.45) is 2.83. The fourth-order valence-corrected chi connectivity index (χ4v) is 4.65. The number of benzene rings is 1. The first-order valence-corrected chi connectivity index (χ1v) is 11.1. The Balaban J connectivity index is 1.55. The maximum Gasteiger partial charge on any atom is 0.407 e. The number of nitrogens with zero attached hydrogens (tertiary/aromatic N) is 5. The molecule has 4 aromatic rings. The molecule has 3 aromatic heterocycles. The van der Waals surface area contributed by atoms with Crippen LogP contribution in [-0.4, -0.2) is 71.1 Å². The molecular weight excluding hydrogens is 420 g/mol. The topological polar surface area (TPSA) is 110 Å². The number of carboxylic acid groups (broad SMARTS) is 1. The third-order valence-corrected chi connectivity index (χ3v) is 6.43. The first kappa shape index (κ1) is 21.4. The third-order valence-electron chi connectivity index (χ3n) is 6.43. The van der Waals surface area contributed by atoms with Crippen LogP contribution in [0.2, 0.25) is 0 Å². The molecule has 9 heteroatoms. The first-order chi connectivity index (χ1) is 15.7. The molecule has 1 amide bonds. The van der Waals surface area contributed by atoms with E-state index in [1.807, 2.05) is 49.6 Å². The second-order valence-electron chi connectivity index (χ2n) is 9.26. The molecule has 172 valence electrons. The summed E-state index contributed by atoms with van der Waals surface area (Å²) in [5.74, 6) is 0.884. The number of hydrogen-bond acceptors (Lipinski definition) is 5. The SMILES string of the molecule is CC1CN(Cc2nc(-c3ccc(C(C)(C)O)cc3)c3cnc4[nH]ccc4n23)CCN1C(=O)O. The maximum absolute atomic E-state index is 11.4. The lowest BCUT2D eigenvalue weighted by Crippen LogP contribution is -2.53. The molecule has 0 radical (unpaired) electrons. The van der Waals surface area contributed by atoms with Crippen molar-refractivity contribution in [3.05, 3.63) is 54.1 Å². The molecule has 1 aliphatic rings. The lowest BCUT2D eigenvalue weighted by Gasteiger charge is -2.37. The van der Waals surface area contributed by atoms with Crippen molar-refractivity contribution in [1.29, 1.82) is 0 Å². The Bertz CT molecular complexity index is 1320. The normalized spacial score (nSPS) is 17.8. The van der Waals surface area contributed by atoms with E-state index >= 15 is 0 Å². The van der Waals surface area contributed by atoms with Crippen LogP contribution in [0.25, 0.3) is 27.9 Å². The zero-order valence-electron chi connectivity index (χ0n) is 19.0. The molecule has 1 aromatic carbocycles. The number of rotatable bonds is 4. The second kappa shape index (κ2) is 7.86. The van der Waals surface area contributed by atoms with E-state index < -0.39 is 11.7 Å². The quantitative estimate of drug-likeness (QED) is 0.442. The number of hydrogen-bond donors (Lipinski definition) is 3. The molecule has 9 nitrogen and oxygen atoms in total. The van der Waals surface area contributed by atoms with Crippen LogP contribution in [0.3, 0.4) is 0 Å². The van der Waals surface area contributed by atoms with E-state index in [0.29, 0.717) is 26.2 Å². The van der Waals surface area contributed by atoms with Gasteiger partial charge in [-0.1, -0.05) is 24.3 Å². The number of aliphatic hydroxyl groups is 1. The van der Waals surface area contributed by atoms with E-state index in [0.717, 1.165) is 39.3 Å². The van der Waals surface area contributed by atoms with Crippen LogP contribution in [0.4, 0.5) is 4.79 Å². The number of nitrogens with one attached hydrogen (secondary N) is 1. The van der Waals surface area contributed by atoms with Crippen LogP contribution in [0.5, 0.6) is 0 Å². The Labute approximate surface area is 191 Å². The average molecular weight is 449 g/mol. The van der Waals surface area contributed by atoms with Crippen LogP contribution >= 0.6 is 0 Å². The van der Waals surface area contributed by atoms with E-state index in [1.54, 1.807) is 13.8 Å². The smallest absolute Gasteiger partial charge is 0.407 e. The number of piperazine rings is 1. The summed E-state index contributed by atoms with van der Waals surface area (Å²) in [5, 5.41) is 19.7. The molecule has 4 heterocycles. The summed E-state index contributed by atoms with van der Waals surface area (Å²) in [7, 11) is 0. The Kier molecular flexibility index (Phi) is 5.10. The van der Waals surface area contributed by atoms with Crippen molar-refractivity contribution in [1.82, 2.24) is 29.2 Å². The van der Waals surface area contributed by atoms with Gasteiger partial charge in [0.25, 0.3) is 0 Å². The molecule has 1 fully saturated rings. The van der Waals surface area contributed by atoms with Gasteiger partial charge in [0.1, 0.15) is 5.82 Å². The molecule has 0 spiro atoms. The molecule has 1 atom stereocenters. The van der Waals surface area contributed by atoms with Crippen LogP contribution < -0.4 is 0 Å². The predicted octanol–water partition coefficient (Wildman–Crippen LogP) is 3.29. The summed E-state index contributed by atoms with van der Waals surface area (Å²) in [4.78, 5) is 27.9. The minimum Gasteiger partial charge on any atom is -0.465 e. The molecular formula is C24H28N6O3. The van der Waals surface area contributed by atoms with E-state index in [4.69, 9.17) is 4.98 Å². The monoisotopic (exact) mass is 448 g/mol. The van der Waals surface area contributed by atoms with Gasteiger partial charge in [-0.3, -0.25) is 9.30 Å². The summed E-state index contributed by atoms with van der Waals surface area (Å²) < 4.78 is 2.13. The Morgan fingerprint density at radius 2 is 1.94 bits per heavy atom. The molecule has 0 aliphatic carbocycles. The van der Waals surface area contributed by atoms with Gasteiger partial charge >= 0.3 is 6.09 Å². The lowest BCUT2D eigenvalue weighted by atomic mass is 9.97. The van der Waals surface area contributed by atoms with Crippen molar-refractivity contribution < 1.29 is 15.0 Å². The zero-order chi connectivity index (χ0) is 23.3. The van der Waals surface area contributed by atoms with Gasteiger partial charge in [0.15, 0.2) is 5.65 Å². The number of aromatic amines is 1. The zero-order valence-corrected chi connectivity index (χ0v) is 19.0. The predicted molar refractivity (Wildman–Crippen MR) is 125 cm³/mol. The van der Waals surface area contributed by atoms with Crippen molar-refractivity contribution in [2.24, 2.45) is 0 Å². The van der Waals surface area contributed by atoms with E-state index in [1.165, 1.54) is 4.90 Å². The number of H-pyrrole nitrogens is 1. The average Bonchev–Trinajstić information content (AvgIpc) is 3.37. The van der Waals surface area contributed by atoms with Crippen molar-refractivity contribution in [2.75, 3.05) is 19.6 Å². The highest BCUT2D eigenvalue weighted by Gasteiger charge is 2.28. The Hall–Kier alpha value is -3.43. The molecule has 0 saturated carbocycles. The number of carbonyl (C=O) groups is 1. The summed E-state index contributed by atoms with van der Waals surface area (Å²) in [6, 6.07) is 9.73. The maximum atomic E-state index is 11.4. The number of imidazole rings is 1. The van der Waals surface area contributed by atoms with E-state index in [-0.39, 0.29) is 6.04 Å². The fraction of sp³-hybridized carbons (Fsp3) is 0.375. The third kappa shape index (κ3) is 3.83. The summed E-state index contributed by atoms with van der Waals surface area (Å²) in [6.45, 7) is 7.86. The molecule has 1 unspecified atom stereocenters. The molecule has 0 bridgehead atoms. The highest BCUT2D eigenvalue weighted by molar-refractivity contribution is 5.84. The van der Waals surface area contributed by atoms with Crippen molar-refractivity contribution in [3.63, 3.8) is 0 Å². The van der Waals surface area contributed by atoms with Gasteiger partial charge in [-0.05, 0) is 32.4 Å². The molecule has 33 heavy (non-hydrogen) atoms. The van der Waals surface area contributed by atoms with Gasteiger partial charge in [-0.25, -0.2) is 14.8 Å². The summed E-state index contributed by atoms with van der Waals surface area (Å²) in [5.41, 5.74) is 4.36. The van der Waals surface area contributed by atoms with Crippen LogP contribution in [-0.2, 0) is 12.1 Å². The molecule has 1 saturated heterocycles. The van der Waals surface area contributed by atoms with Crippen molar-refractivity contribution in [3.8, 4) is 11.3 Å². The Morgan fingerprint density at radius 3 is 2.61 bits per heavy atom. The van der Waals surface area contributed by atoms with Crippen molar-refractivity contribution in [2.45, 2.75) is 39.0 Å². The first-order valence-electron chi connectivity index (χ1n) is 11.1. The molecule has 3 N–H and O–H groups in total. The van der Waals surface area contributed by atoms with Crippen LogP contribution in [0, 0.1) is 0 Å². The molecule has 5 rings (SSSR count). The number of fused-ring (bicyclic) bond motifs is 3. The fourth-order valence-electron chi connectivity index (χ4n) is 4.65. The van der Waals surface area contributed by atoms with Gasteiger partial charge < -0.3 is 20.1 Å². The van der Waals surface area contributed by atoms with Gasteiger partial charge in [0.05, 0.1) is 35.1 Å². The van der Waals surface area contributed by atoms with E-state index in [9.17, 15) is 15.0 Å². The summed E-state index contributed by atoms with van der Waals surface area (Å²) >= 11 is 0. The Morgan fingerprint density at radius 1 is 1.18 bits per heavy atom. The minimum absolute atomic E-state index is 0.0785. The van der Waals surface area contributed by atoms with Crippen molar-refractivity contribution >= 4 is 22.8 Å². The lowest BCUT2D eigenvalue weighted by molar-refractivity contribution is 0.0700. The second-order valence-corrected chi connectivity index (χ2v) is 9.26. The van der Waals surface area contributed by atoms with Crippen LogP contribution in [0.1, 0.15) is 32.2 Å².